The third-order valence-electron chi connectivity index (χ3n) is 3.11. The van der Waals surface area contributed by atoms with Crippen LogP contribution in [0.4, 0.5) is 30.7 Å². The Balaban J connectivity index is 5.57. The maximum atomic E-state index is 13.4. The van der Waals surface area contributed by atoms with Crippen molar-refractivity contribution in [3.63, 3.8) is 0 Å². The monoisotopic (exact) mass is 463 g/mol. The number of carbonyl (C=O) groups excluding carboxylic acids is 2. The first-order valence-electron chi connectivity index (χ1n) is 7.46. The van der Waals surface area contributed by atoms with E-state index in [1.165, 1.54) is 6.92 Å². The van der Waals surface area contributed by atoms with E-state index < -0.39 is 71.1 Å². The molecule has 0 aliphatic heterocycles. The number of rotatable bonds is 11. The Morgan fingerprint density at radius 3 is 2.03 bits per heavy atom. The van der Waals surface area contributed by atoms with Gasteiger partial charge in [-0.3, -0.25) is 9.35 Å². The Kier molecular flexibility index (Phi) is 8.63. The van der Waals surface area contributed by atoms with Gasteiger partial charge in [-0.05, 0) is 13.3 Å². The third kappa shape index (κ3) is 6.02. The third-order valence-corrected chi connectivity index (χ3v) is 4.06. The summed E-state index contributed by atoms with van der Waals surface area (Å²) in [6.45, 7) is 2.11. The molecule has 0 rings (SSSR count). The van der Waals surface area contributed by atoms with Gasteiger partial charge in [0.15, 0.2) is 0 Å². The zero-order valence-corrected chi connectivity index (χ0v) is 15.4. The average molecular weight is 463 g/mol. The standard InChI is InChI=1S/C13H16F7NO7S/c1-3-8(22)28-11(12(16,17)18,9(23)21-4-2)27-7-5-6-10(14,15)13(19,20)29(24,25)26/h3H,1,4-7H2,2H3,(H,21,23)(H,24,25,26). The van der Waals surface area contributed by atoms with Crippen molar-refractivity contribution in [3.8, 4) is 0 Å². The summed E-state index contributed by atoms with van der Waals surface area (Å²) in [4.78, 5) is 23.0. The Hall–Kier alpha value is -1.94. The summed E-state index contributed by atoms with van der Waals surface area (Å²) in [5.74, 6) is -13.5. The van der Waals surface area contributed by atoms with Crippen LogP contribution in [0.15, 0.2) is 12.7 Å². The first-order valence-corrected chi connectivity index (χ1v) is 8.90. The van der Waals surface area contributed by atoms with Crippen LogP contribution in [0.1, 0.15) is 19.8 Å². The topological polar surface area (TPSA) is 119 Å². The molecule has 0 aliphatic carbocycles. The molecule has 0 aromatic carbocycles. The minimum absolute atomic E-state index is 0.240. The smallest absolute Gasteiger partial charge is 0.412 e. The van der Waals surface area contributed by atoms with Crippen molar-refractivity contribution in [1.82, 2.24) is 5.32 Å². The van der Waals surface area contributed by atoms with E-state index in [2.05, 4.69) is 16.1 Å². The fourth-order valence-corrected chi connectivity index (χ4v) is 2.19. The second-order valence-corrected chi connectivity index (χ2v) is 6.71. The zero-order valence-electron chi connectivity index (χ0n) is 14.6. The van der Waals surface area contributed by atoms with Crippen molar-refractivity contribution in [1.29, 1.82) is 0 Å². The minimum atomic E-state index is -6.54. The molecule has 1 unspecified atom stereocenters. The maximum Gasteiger partial charge on any atom is 0.466 e. The number of alkyl halides is 7. The highest BCUT2D eigenvalue weighted by atomic mass is 32.2. The van der Waals surface area contributed by atoms with E-state index in [-0.39, 0.29) is 6.08 Å². The van der Waals surface area contributed by atoms with Gasteiger partial charge in [0.25, 0.3) is 0 Å². The summed E-state index contributed by atoms with van der Waals surface area (Å²) in [6.07, 6.45) is -8.92. The molecule has 0 spiro atoms. The molecule has 16 heteroatoms. The Labute approximate surface area is 159 Å². The van der Waals surface area contributed by atoms with Crippen LogP contribution in [-0.2, 0) is 29.2 Å². The van der Waals surface area contributed by atoms with Crippen LogP contribution in [0.3, 0.4) is 0 Å². The highest BCUT2D eigenvalue weighted by Crippen LogP contribution is 2.42. The van der Waals surface area contributed by atoms with Crippen LogP contribution in [0.25, 0.3) is 0 Å². The average Bonchev–Trinajstić information content (AvgIpc) is 2.55. The number of amides is 1. The normalized spacial score (nSPS) is 15.3. The molecule has 0 saturated carbocycles. The number of likely N-dealkylation sites (N-methyl/N-ethyl adjacent to an activating group) is 1. The molecular formula is C13H16F7NO7S. The first kappa shape index (κ1) is 27.1. The predicted octanol–water partition coefficient (Wildman–Crippen LogP) is 2.02. The van der Waals surface area contributed by atoms with E-state index in [1.807, 2.05) is 0 Å². The van der Waals surface area contributed by atoms with Gasteiger partial charge in [0.1, 0.15) is 0 Å². The molecule has 29 heavy (non-hydrogen) atoms. The van der Waals surface area contributed by atoms with E-state index in [1.54, 1.807) is 5.32 Å². The van der Waals surface area contributed by atoms with E-state index in [0.29, 0.717) is 0 Å². The van der Waals surface area contributed by atoms with Crippen molar-refractivity contribution in [2.75, 3.05) is 13.2 Å². The largest absolute Gasteiger partial charge is 0.466 e. The number of ether oxygens (including phenoxy) is 2. The molecular weight excluding hydrogens is 447 g/mol. The fourth-order valence-electron chi connectivity index (χ4n) is 1.71. The van der Waals surface area contributed by atoms with Gasteiger partial charge in [0.2, 0.25) is 0 Å². The van der Waals surface area contributed by atoms with E-state index in [9.17, 15) is 48.7 Å². The molecule has 0 aromatic heterocycles. The van der Waals surface area contributed by atoms with Crippen molar-refractivity contribution in [2.45, 2.75) is 42.9 Å². The van der Waals surface area contributed by atoms with Gasteiger partial charge in [-0.25, -0.2) is 4.79 Å². The summed E-state index contributed by atoms with van der Waals surface area (Å²) < 4.78 is 130. The summed E-state index contributed by atoms with van der Waals surface area (Å²) in [5.41, 5.74) is 0. The second kappa shape index (κ2) is 9.25. The fraction of sp³-hybridized carbons (Fsp3) is 0.692. The summed E-state index contributed by atoms with van der Waals surface area (Å²) in [6, 6.07) is 0. The number of hydrogen-bond acceptors (Lipinski definition) is 6. The van der Waals surface area contributed by atoms with Gasteiger partial charge in [0, 0.05) is 19.0 Å². The number of nitrogens with one attached hydrogen (secondary N) is 1. The van der Waals surface area contributed by atoms with Crippen LogP contribution in [0.5, 0.6) is 0 Å². The van der Waals surface area contributed by atoms with Crippen molar-refractivity contribution < 1.29 is 62.8 Å². The molecule has 0 radical (unpaired) electrons. The van der Waals surface area contributed by atoms with Crippen LogP contribution in [0.2, 0.25) is 0 Å². The number of esters is 1. The molecule has 0 fully saturated rings. The zero-order chi connectivity index (χ0) is 23.3. The minimum Gasteiger partial charge on any atom is -0.412 e. The molecule has 170 valence electrons. The van der Waals surface area contributed by atoms with Crippen LogP contribution in [-0.4, -0.2) is 61.1 Å². The highest BCUT2D eigenvalue weighted by molar-refractivity contribution is 7.87. The van der Waals surface area contributed by atoms with Gasteiger partial charge in [-0.15, -0.1) is 0 Å². The summed E-state index contributed by atoms with van der Waals surface area (Å²) >= 11 is 0. The van der Waals surface area contributed by atoms with Gasteiger partial charge in [0.05, 0.1) is 6.61 Å². The van der Waals surface area contributed by atoms with E-state index in [4.69, 9.17) is 4.55 Å². The van der Waals surface area contributed by atoms with E-state index in [0.717, 1.165) is 0 Å². The molecule has 0 heterocycles. The second-order valence-electron chi connectivity index (χ2n) is 5.25. The lowest BCUT2D eigenvalue weighted by Gasteiger charge is -2.33. The molecule has 8 nitrogen and oxygen atoms in total. The van der Waals surface area contributed by atoms with Crippen molar-refractivity contribution in [3.05, 3.63) is 12.7 Å². The molecule has 0 saturated heterocycles. The maximum absolute atomic E-state index is 13.4. The molecule has 0 aliphatic rings. The SMILES string of the molecule is C=CC(=O)OC(OCCCC(F)(F)C(F)(F)S(=O)(=O)O)(C(=O)NCC)C(F)(F)F. The quantitative estimate of drug-likeness (QED) is 0.120. The van der Waals surface area contributed by atoms with Crippen LogP contribution >= 0.6 is 0 Å². The predicted molar refractivity (Wildman–Crippen MR) is 80.4 cm³/mol. The van der Waals surface area contributed by atoms with Gasteiger partial charge >= 0.3 is 45.1 Å². The number of hydrogen-bond donors (Lipinski definition) is 2. The summed E-state index contributed by atoms with van der Waals surface area (Å²) in [7, 11) is -6.54. The number of halogens is 7. The Morgan fingerprint density at radius 1 is 1.14 bits per heavy atom. The number of carbonyl (C=O) groups is 2. The molecule has 2 N–H and O–H groups in total. The Bertz CT molecular complexity index is 724. The summed E-state index contributed by atoms with van der Waals surface area (Å²) in [5, 5.41) is -4.29. The lowest BCUT2D eigenvalue weighted by molar-refractivity contribution is -0.347. The molecule has 0 bridgehead atoms. The van der Waals surface area contributed by atoms with Gasteiger partial charge in [-0.1, -0.05) is 6.58 Å². The van der Waals surface area contributed by atoms with Crippen LogP contribution in [0, 0.1) is 0 Å². The van der Waals surface area contributed by atoms with Crippen molar-refractivity contribution >= 4 is 22.0 Å². The highest BCUT2D eigenvalue weighted by Gasteiger charge is 2.67. The first-order chi connectivity index (χ1) is 12.9. The van der Waals surface area contributed by atoms with Crippen molar-refractivity contribution in [2.24, 2.45) is 0 Å². The molecule has 1 amide bonds. The lowest BCUT2D eigenvalue weighted by Crippen LogP contribution is -2.61. The van der Waals surface area contributed by atoms with Gasteiger partial charge in [-0.2, -0.15) is 39.2 Å². The van der Waals surface area contributed by atoms with Crippen LogP contribution < -0.4 is 5.32 Å². The molecule has 0 aromatic rings. The van der Waals surface area contributed by atoms with Gasteiger partial charge < -0.3 is 14.8 Å². The Morgan fingerprint density at radius 2 is 1.66 bits per heavy atom. The molecule has 1 atom stereocenters. The van der Waals surface area contributed by atoms with E-state index >= 15 is 0 Å². The lowest BCUT2D eigenvalue weighted by atomic mass is 10.2.